The normalized spacial score (nSPS) is 26.5. The van der Waals surface area contributed by atoms with E-state index in [0.717, 1.165) is 38.3 Å². The molecule has 1 N–H and O–H groups in total. The molecular formula is C15H19F2NO. The molecule has 4 heteroatoms. The Balaban J connectivity index is 1.82. The van der Waals surface area contributed by atoms with Crippen LogP contribution in [-0.4, -0.2) is 18.7 Å². The van der Waals surface area contributed by atoms with E-state index in [0.29, 0.717) is 12.1 Å². The first-order valence-corrected chi connectivity index (χ1v) is 7.02. The summed E-state index contributed by atoms with van der Waals surface area (Å²) in [6.45, 7) is 1.36. The van der Waals surface area contributed by atoms with Crippen LogP contribution in [0.25, 0.3) is 0 Å². The zero-order chi connectivity index (χ0) is 13.3. The van der Waals surface area contributed by atoms with Gasteiger partial charge in [-0.25, -0.2) is 8.78 Å². The SMILES string of the molecule is Fc1ccc(F)c(C2CNCC3(CCCCC3)O2)c1. The van der Waals surface area contributed by atoms with Crippen molar-refractivity contribution in [3.05, 3.63) is 35.4 Å². The average Bonchev–Trinajstić information content (AvgIpc) is 2.42. The third kappa shape index (κ3) is 2.65. The summed E-state index contributed by atoms with van der Waals surface area (Å²) in [5.74, 6) is -0.802. The molecule has 2 aliphatic rings. The molecule has 1 saturated heterocycles. The van der Waals surface area contributed by atoms with Gasteiger partial charge in [-0.3, -0.25) is 0 Å². The third-order valence-corrected chi connectivity index (χ3v) is 4.24. The van der Waals surface area contributed by atoms with Crippen molar-refractivity contribution in [3.8, 4) is 0 Å². The minimum Gasteiger partial charge on any atom is -0.364 e. The molecule has 1 saturated carbocycles. The van der Waals surface area contributed by atoms with Crippen LogP contribution in [0.1, 0.15) is 43.8 Å². The molecule has 19 heavy (non-hydrogen) atoms. The Morgan fingerprint density at radius 1 is 1.16 bits per heavy atom. The summed E-state index contributed by atoms with van der Waals surface area (Å²) >= 11 is 0. The fourth-order valence-corrected chi connectivity index (χ4v) is 3.24. The van der Waals surface area contributed by atoms with Gasteiger partial charge in [-0.1, -0.05) is 19.3 Å². The molecule has 1 aliphatic heterocycles. The molecule has 3 rings (SSSR count). The van der Waals surface area contributed by atoms with Crippen molar-refractivity contribution in [1.29, 1.82) is 0 Å². The topological polar surface area (TPSA) is 21.3 Å². The van der Waals surface area contributed by atoms with Gasteiger partial charge < -0.3 is 10.1 Å². The first kappa shape index (κ1) is 13.0. The van der Waals surface area contributed by atoms with Crippen molar-refractivity contribution in [2.75, 3.05) is 13.1 Å². The van der Waals surface area contributed by atoms with Gasteiger partial charge in [0.05, 0.1) is 11.7 Å². The summed E-state index contributed by atoms with van der Waals surface area (Å²) in [6.07, 6.45) is 5.17. The van der Waals surface area contributed by atoms with Crippen LogP contribution in [0.5, 0.6) is 0 Å². The fourth-order valence-electron chi connectivity index (χ4n) is 3.24. The highest BCUT2D eigenvalue weighted by Gasteiger charge is 2.39. The van der Waals surface area contributed by atoms with Gasteiger partial charge in [0.2, 0.25) is 0 Å². The molecule has 0 radical (unpaired) electrons. The van der Waals surface area contributed by atoms with E-state index in [9.17, 15) is 8.78 Å². The summed E-state index contributed by atoms with van der Waals surface area (Å²) in [4.78, 5) is 0. The Morgan fingerprint density at radius 3 is 2.74 bits per heavy atom. The molecular weight excluding hydrogens is 248 g/mol. The quantitative estimate of drug-likeness (QED) is 0.842. The first-order valence-electron chi connectivity index (χ1n) is 7.02. The molecule has 1 aliphatic carbocycles. The molecule has 1 atom stereocenters. The lowest BCUT2D eigenvalue weighted by Crippen LogP contribution is -2.51. The van der Waals surface area contributed by atoms with E-state index in [1.165, 1.54) is 18.6 Å². The maximum Gasteiger partial charge on any atom is 0.129 e. The highest BCUT2D eigenvalue weighted by atomic mass is 19.1. The van der Waals surface area contributed by atoms with E-state index in [4.69, 9.17) is 4.74 Å². The molecule has 1 aromatic rings. The van der Waals surface area contributed by atoms with Crippen LogP contribution in [0.15, 0.2) is 18.2 Å². The molecule has 0 aromatic heterocycles. The molecule has 0 bridgehead atoms. The predicted octanol–water partition coefficient (Wildman–Crippen LogP) is 3.33. The zero-order valence-corrected chi connectivity index (χ0v) is 10.9. The molecule has 1 unspecified atom stereocenters. The summed E-state index contributed by atoms with van der Waals surface area (Å²) in [7, 11) is 0. The Labute approximate surface area is 112 Å². The molecule has 1 aromatic carbocycles. The molecule has 2 nitrogen and oxygen atoms in total. The van der Waals surface area contributed by atoms with Crippen LogP contribution >= 0.6 is 0 Å². The standard InChI is InChI=1S/C15H19F2NO/c16-11-4-5-13(17)12(8-11)14-9-18-10-15(19-14)6-2-1-3-7-15/h4-5,8,14,18H,1-3,6-7,9-10H2. The van der Waals surface area contributed by atoms with E-state index in [1.807, 2.05) is 0 Å². The van der Waals surface area contributed by atoms with Crippen molar-refractivity contribution in [2.24, 2.45) is 0 Å². The molecule has 104 valence electrons. The van der Waals surface area contributed by atoms with E-state index < -0.39 is 5.82 Å². The van der Waals surface area contributed by atoms with Gasteiger partial charge in [0.1, 0.15) is 11.6 Å². The second kappa shape index (κ2) is 5.17. The largest absolute Gasteiger partial charge is 0.364 e. The van der Waals surface area contributed by atoms with Crippen molar-refractivity contribution in [2.45, 2.75) is 43.8 Å². The van der Waals surface area contributed by atoms with Crippen LogP contribution in [0.2, 0.25) is 0 Å². The number of morpholine rings is 1. The Bertz CT molecular complexity index is 452. The summed E-state index contributed by atoms with van der Waals surface area (Å²) < 4.78 is 33.3. The van der Waals surface area contributed by atoms with Crippen molar-refractivity contribution in [3.63, 3.8) is 0 Å². The summed E-state index contributed by atoms with van der Waals surface area (Å²) in [5.41, 5.74) is 0.150. The lowest BCUT2D eigenvalue weighted by molar-refractivity contribution is -0.136. The monoisotopic (exact) mass is 267 g/mol. The molecule has 1 spiro atoms. The number of nitrogens with one attached hydrogen (secondary N) is 1. The van der Waals surface area contributed by atoms with E-state index in [2.05, 4.69) is 5.32 Å². The first-order chi connectivity index (χ1) is 9.19. The molecule has 1 heterocycles. The van der Waals surface area contributed by atoms with E-state index in [-0.39, 0.29) is 17.5 Å². The van der Waals surface area contributed by atoms with Gasteiger partial charge >= 0.3 is 0 Å². The van der Waals surface area contributed by atoms with Gasteiger partial charge in [-0.15, -0.1) is 0 Å². The van der Waals surface area contributed by atoms with Gasteiger partial charge in [0.15, 0.2) is 0 Å². The minimum absolute atomic E-state index is 0.181. The average molecular weight is 267 g/mol. The number of hydrogen-bond donors (Lipinski definition) is 1. The lowest BCUT2D eigenvalue weighted by Gasteiger charge is -2.44. The number of ether oxygens (including phenoxy) is 1. The van der Waals surface area contributed by atoms with Gasteiger partial charge in [0.25, 0.3) is 0 Å². The number of benzene rings is 1. The number of hydrogen-bond acceptors (Lipinski definition) is 2. The second-order valence-electron chi connectivity index (χ2n) is 5.65. The van der Waals surface area contributed by atoms with Gasteiger partial charge in [0, 0.05) is 18.7 Å². The maximum atomic E-state index is 13.8. The summed E-state index contributed by atoms with van der Waals surface area (Å²) in [5, 5.41) is 3.33. The fraction of sp³-hybridized carbons (Fsp3) is 0.600. The van der Waals surface area contributed by atoms with Crippen LogP contribution < -0.4 is 5.32 Å². The Hall–Kier alpha value is -1.00. The lowest BCUT2D eigenvalue weighted by atomic mass is 9.83. The minimum atomic E-state index is -0.414. The molecule has 0 amide bonds. The molecule has 2 fully saturated rings. The Kier molecular flexibility index (Phi) is 3.54. The van der Waals surface area contributed by atoms with E-state index in [1.54, 1.807) is 0 Å². The number of rotatable bonds is 1. The van der Waals surface area contributed by atoms with Crippen molar-refractivity contribution < 1.29 is 13.5 Å². The van der Waals surface area contributed by atoms with Crippen LogP contribution in [-0.2, 0) is 4.74 Å². The van der Waals surface area contributed by atoms with Gasteiger partial charge in [-0.05, 0) is 31.0 Å². The van der Waals surface area contributed by atoms with Crippen molar-refractivity contribution >= 4 is 0 Å². The maximum absolute atomic E-state index is 13.8. The highest BCUT2D eigenvalue weighted by molar-refractivity contribution is 5.22. The van der Waals surface area contributed by atoms with Crippen LogP contribution in [0.4, 0.5) is 8.78 Å². The predicted molar refractivity (Wildman–Crippen MR) is 68.9 cm³/mol. The summed E-state index contributed by atoms with van der Waals surface area (Å²) in [6, 6.07) is 3.57. The van der Waals surface area contributed by atoms with Crippen molar-refractivity contribution in [1.82, 2.24) is 5.32 Å². The third-order valence-electron chi connectivity index (χ3n) is 4.24. The second-order valence-corrected chi connectivity index (χ2v) is 5.65. The smallest absolute Gasteiger partial charge is 0.129 e. The number of halogens is 2. The van der Waals surface area contributed by atoms with Crippen LogP contribution in [0.3, 0.4) is 0 Å². The highest BCUT2D eigenvalue weighted by Crippen LogP contribution is 2.38. The van der Waals surface area contributed by atoms with E-state index >= 15 is 0 Å². The van der Waals surface area contributed by atoms with Crippen LogP contribution in [0, 0.1) is 11.6 Å². The zero-order valence-electron chi connectivity index (χ0n) is 10.9. The van der Waals surface area contributed by atoms with Gasteiger partial charge in [-0.2, -0.15) is 0 Å². The Morgan fingerprint density at radius 2 is 1.95 bits per heavy atom.